The van der Waals surface area contributed by atoms with Crippen molar-refractivity contribution < 1.29 is 9.59 Å². The first-order valence-electron chi connectivity index (χ1n) is 14.9. The molecule has 9 nitrogen and oxygen atoms in total. The van der Waals surface area contributed by atoms with Crippen LogP contribution in [-0.2, 0) is 0 Å². The molecular weight excluding hydrogens is 633 g/mol. The lowest BCUT2D eigenvalue weighted by molar-refractivity contribution is 0.0899. The van der Waals surface area contributed by atoms with Gasteiger partial charge in [-0.1, -0.05) is 72.6 Å². The summed E-state index contributed by atoms with van der Waals surface area (Å²) in [7, 11) is 0. The molecule has 12 heteroatoms. The maximum absolute atomic E-state index is 12.6. The van der Waals surface area contributed by atoms with Gasteiger partial charge in [0.15, 0.2) is 11.8 Å². The summed E-state index contributed by atoms with van der Waals surface area (Å²) in [5.41, 5.74) is 11.8. The fourth-order valence-corrected chi connectivity index (χ4v) is 6.75. The van der Waals surface area contributed by atoms with E-state index in [9.17, 15) is 9.59 Å². The van der Waals surface area contributed by atoms with Crippen LogP contribution in [0.15, 0.2) is 53.8 Å². The molecule has 2 saturated carbocycles. The van der Waals surface area contributed by atoms with Crippen LogP contribution in [0.25, 0.3) is 21.5 Å². The second-order valence-electron chi connectivity index (χ2n) is 12.3. The molecule has 236 valence electrons. The standard InChI is InChI=1S/C17H20ClN5O.C16H16Cl2N2O/c1-17(6-2-3-7-17)23-15(24)10-4-5-11-12(8-10)14(22-16(19)20)21-9-13(11)18;1-16(6-2-3-7-16)20-15(21)10-4-5-11-12(8-10)14(18)19-9-13(11)17/h4-5,8-9H,2-3,6-7H2,1H3,(H,23,24)(H4,19,20,21,22);4-5,8-9H,2-3,6-7H2,1H3,(H,20,21). The summed E-state index contributed by atoms with van der Waals surface area (Å²) in [6, 6.07) is 10.6. The Balaban J connectivity index is 0.000000179. The summed E-state index contributed by atoms with van der Waals surface area (Å²) >= 11 is 18.4. The third kappa shape index (κ3) is 7.60. The van der Waals surface area contributed by atoms with E-state index in [0.717, 1.165) is 49.3 Å². The molecule has 2 fully saturated rings. The number of carbonyl (C=O) groups is 2. The Morgan fingerprint density at radius 2 is 1.16 bits per heavy atom. The van der Waals surface area contributed by atoms with Gasteiger partial charge in [-0.2, -0.15) is 4.99 Å². The van der Waals surface area contributed by atoms with Gasteiger partial charge >= 0.3 is 0 Å². The molecule has 0 saturated heterocycles. The molecule has 2 aliphatic carbocycles. The minimum atomic E-state index is -0.138. The number of hydrogen-bond acceptors (Lipinski definition) is 5. The van der Waals surface area contributed by atoms with Gasteiger partial charge in [0.1, 0.15) is 5.15 Å². The Hall–Kier alpha value is -3.66. The van der Waals surface area contributed by atoms with E-state index in [2.05, 4.69) is 39.4 Å². The van der Waals surface area contributed by atoms with Crippen molar-refractivity contribution in [3.8, 4) is 0 Å². The molecule has 0 spiro atoms. The minimum absolute atomic E-state index is 0.0719. The number of halogens is 3. The third-order valence-electron chi connectivity index (χ3n) is 8.61. The van der Waals surface area contributed by atoms with Crippen LogP contribution in [0.5, 0.6) is 0 Å². The lowest BCUT2D eigenvalue weighted by atomic mass is 9.99. The maximum Gasteiger partial charge on any atom is 0.251 e. The number of hydrogen-bond donors (Lipinski definition) is 4. The summed E-state index contributed by atoms with van der Waals surface area (Å²) in [6.07, 6.45) is 11.7. The molecule has 2 aromatic carbocycles. The lowest BCUT2D eigenvalue weighted by Crippen LogP contribution is -2.43. The number of nitrogens with one attached hydrogen (secondary N) is 2. The van der Waals surface area contributed by atoms with Crippen molar-refractivity contribution in [1.29, 1.82) is 0 Å². The fourth-order valence-electron chi connectivity index (χ4n) is 6.12. The normalized spacial score (nSPS) is 16.6. The second kappa shape index (κ2) is 13.4. The van der Waals surface area contributed by atoms with Crippen molar-refractivity contribution in [2.45, 2.75) is 76.3 Å². The van der Waals surface area contributed by atoms with Crippen LogP contribution in [0.4, 0.5) is 5.82 Å². The van der Waals surface area contributed by atoms with Crippen LogP contribution < -0.4 is 22.1 Å². The number of benzene rings is 2. The fraction of sp³-hybridized carbons (Fsp3) is 0.364. The molecule has 2 aromatic heterocycles. The number of nitrogens with two attached hydrogens (primary N) is 2. The molecule has 45 heavy (non-hydrogen) atoms. The Labute approximate surface area is 277 Å². The molecule has 2 aliphatic rings. The Morgan fingerprint density at radius 3 is 1.64 bits per heavy atom. The van der Waals surface area contributed by atoms with E-state index in [4.69, 9.17) is 46.3 Å². The van der Waals surface area contributed by atoms with Crippen molar-refractivity contribution in [3.05, 3.63) is 75.1 Å². The average molecular weight is 669 g/mol. The first-order chi connectivity index (χ1) is 21.4. The summed E-state index contributed by atoms with van der Waals surface area (Å²) in [5.74, 6) is 0.0600. The zero-order valence-electron chi connectivity index (χ0n) is 25.2. The smallest absolute Gasteiger partial charge is 0.251 e. The van der Waals surface area contributed by atoms with Gasteiger partial charge in [-0.05, 0) is 63.8 Å². The summed E-state index contributed by atoms with van der Waals surface area (Å²) in [6.45, 7) is 4.19. The minimum Gasteiger partial charge on any atom is -0.370 e. The predicted molar refractivity (Wildman–Crippen MR) is 183 cm³/mol. The molecule has 0 atom stereocenters. The van der Waals surface area contributed by atoms with Crippen LogP contribution in [0, 0.1) is 0 Å². The number of amides is 2. The van der Waals surface area contributed by atoms with Gasteiger partial charge in [-0.15, -0.1) is 0 Å². The SMILES string of the molecule is CC1(NC(=O)c2ccc3c(Cl)cnc(Cl)c3c2)CCCC1.CC1(NC(=O)c2ccc3c(Cl)cnc(N=C(N)N)c3c2)CCCC1. The monoisotopic (exact) mass is 667 g/mol. The molecular formula is C33H36Cl3N7O2. The van der Waals surface area contributed by atoms with E-state index in [-0.39, 0.29) is 28.9 Å². The van der Waals surface area contributed by atoms with Gasteiger partial charge in [0.05, 0.1) is 10.0 Å². The lowest BCUT2D eigenvalue weighted by Gasteiger charge is -2.25. The van der Waals surface area contributed by atoms with Crippen LogP contribution in [-0.4, -0.2) is 38.8 Å². The summed E-state index contributed by atoms with van der Waals surface area (Å²) in [5, 5.41) is 10.5. The number of fused-ring (bicyclic) bond motifs is 2. The van der Waals surface area contributed by atoms with Crippen molar-refractivity contribution in [2.24, 2.45) is 16.5 Å². The van der Waals surface area contributed by atoms with Gasteiger partial charge in [0.25, 0.3) is 11.8 Å². The van der Waals surface area contributed by atoms with E-state index in [0.29, 0.717) is 42.9 Å². The number of guanidine groups is 1. The van der Waals surface area contributed by atoms with Gasteiger partial charge in [-0.3, -0.25) is 9.59 Å². The van der Waals surface area contributed by atoms with E-state index >= 15 is 0 Å². The van der Waals surface area contributed by atoms with E-state index in [1.807, 2.05) is 6.07 Å². The number of nitrogens with zero attached hydrogens (tertiary/aromatic N) is 3. The first-order valence-corrected chi connectivity index (χ1v) is 16.1. The highest BCUT2D eigenvalue weighted by atomic mass is 35.5. The van der Waals surface area contributed by atoms with Crippen molar-refractivity contribution in [3.63, 3.8) is 0 Å². The van der Waals surface area contributed by atoms with E-state index in [1.54, 1.807) is 30.3 Å². The van der Waals surface area contributed by atoms with Gasteiger partial charge in [0.2, 0.25) is 0 Å². The van der Waals surface area contributed by atoms with Crippen LogP contribution in [0.3, 0.4) is 0 Å². The number of pyridine rings is 2. The molecule has 2 heterocycles. The Bertz CT molecular complexity index is 1790. The Morgan fingerprint density at radius 1 is 0.711 bits per heavy atom. The molecule has 2 amide bonds. The van der Waals surface area contributed by atoms with Crippen molar-refractivity contribution >= 4 is 79.9 Å². The molecule has 6 N–H and O–H groups in total. The van der Waals surface area contributed by atoms with Crippen molar-refractivity contribution in [2.75, 3.05) is 0 Å². The van der Waals surface area contributed by atoms with Gasteiger partial charge < -0.3 is 22.1 Å². The van der Waals surface area contributed by atoms with E-state index in [1.165, 1.54) is 25.2 Å². The zero-order chi connectivity index (χ0) is 32.4. The van der Waals surface area contributed by atoms with Gasteiger partial charge in [-0.25, -0.2) is 9.97 Å². The number of rotatable bonds is 5. The summed E-state index contributed by atoms with van der Waals surface area (Å²) in [4.78, 5) is 37.3. The first kappa shape index (κ1) is 32.7. The maximum atomic E-state index is 12.6. The topological polar surface area (TPSA) is 148 Å². The Kier molecular flexibility index (Phi) is 9.72. The molecule has 0 radical (unpaired) electrons. The second-order valence-corrected chi connectivity index (χ2v) is 13.5. The molecule has 0 bridgehead atoms. The zero-order valence-corrected chi connectivity index (χ0v) is 27.5. The van der Waals surface area contributed by atoms with Crippen LogP contribution in [0.2, 0.25) is 15.2 Å². The van der Waals surface area contributed by atoms with Crippen molar-refractivity contribution in [1.82, 2.24) is 20.6 Å². The third-order valence-corrected chi connectivity index (χ3v) is 9.52. The number of aromatic nitrogens is 2. The quantitative estimate of drug-likeness (QED) is 0.0986. The molecule has 6 rings (SSSR count). The van der Waals surface area contributed by atoms with Crippen LogP contribution in [0.1, 0.15) is 85.9 Å². The van der Waals surface area contributed by atoms with Crippen LogP contribution >= 0.6 is 34.8 Å². The van der Waals surface area contributed by atoms with E-state index < -0.39 is 0 Å². The highest BCUT2D eigenvalue weighted by Gasteiger charge is 2.31. The number of carbonyl (C=O) groups excluding carboxylic acids is 2. The molecule has 0 aliphatic heterocycles. The highest BCUT2D eigenvalue weighted by molar-refractivity contribution is 6.39. The molecule has 4 aromatic rings. The highest BCUT2D eigenvalue weighted by Crippen LogP contribution is 2.33. The number of aliphatic imine (C=N–C) groups is 1. The predicted octanol–water partition coefficient (Wildman–Crippen LogP) is 7.46. The largest absolute Gasteiger partial charge is 0.370 e. The summed E-state index contributed by atoms with van der Waals surface area (Å²) < 4.78 is 0. The molecule has 0 unspecified atom stereocenters. The van der Waals surface area contributed by atoms with Gasteiger partial charge in [0, 0.05) is 56.1 Å². The average Bonchev–Trinajstić information content (AvgIpc) is 3.64.